The molecule has 0 aliphatic carbocycles. The van der Waals surface area contributed by atoms with E-state index in [1.807, 2.05) is 32.9 Å². The monoisotopic (exact) mass is 279 g/mol. The van der Waals surface area contributed by atoms with Gasteiger partial charge in [0.2, 0.25) is 0 Å². The van der Waals surface area contributed by atoms with Crippen LogP contribution in [0.1, 0.15) is 44.0 Å². The lowest BCUT2D eigenvalue weighted by Crippen LogP contribution is -2.38. The predicted molar refractivity (Wildman–Crippen MR) is 80.1 cm³/mol. The standard InChI is InChI=1S/C16H25NO3/c1-4-11-20-15-8-5-7-14(12-15)16(19)17(13(2)3)9-6-10-18/h5,7-8,12-13,18H,4,6,9-11H2,1-3H3. The molecule has 112 valence electrons. The Labute approximate surface area is 121 Å². The zero-order valence-corrected chi connectivity index (χ0v) is 12.6. The maximum absolute atomic E-state index is 12.5. The second-order valence-corrected chi connectivity index (χ2v) is 5.05. The third-order valence-electron chi connectivity index (χ3n) is 3.00. The summed E-state index contributed by atoms with van der Waals surface area (Å²) in [5, 5.41) is 8.93. The number of carbonyl (C=O) groups excluding carboxylic acids is 1. The summed E-state index contributed by atoms with van der Waals surface area (Å²) in [6.07, 6.45) is 1.53. The molecule has 0 aliphatic heterocycles. The molecule has 4 heteroatoms. The Balaban J connectivity index is 2.82. The minimum absolute atomic E-state index is 0.0181. The van der Waals surface area contributed by atoms with E-state index in [9.17, 15) is 4.79 Å². The van der Waals surface area contributed by atoms with Gasteiger partial charge in [-0.05, 0) is 44.9 Å². The van der Waals surface area contributed by atoms with Gasteiger partial charge in [0.1, 0.15) is 5.75 Å². The third-order valence-corrected chi connectivity index (χ3v) is 3.00. The molecule has 1 N–H and O–H groups in total. The number of benzene rings is 1. The van der Waals surface area contributed by atoms with Crippen LogP contribution in [-0.4, -0.2) is 41.7 Å². The highest BCUT2D eigenvalue weighted by atomic mass is 16.5. The number of nitrogens with zero attached hydrogens (tertiary/aromatic N) is 1. The summed E-state index contributed by atoms with van der Waals surface area (Å²) < 4.78 is 5.56. The minimum Gasteiger partial charge on any atom is -0.494 e. The van der Waals surface area contributed by atoms with Gasteiger partial charge in [0.05, 0.1) is 6.61 Å². The Kier molecular flexibility index (Phi) is 7.09. The molecular weight excluding hydrogens is 254 g/mol. The summed E-state index contributed by atoms with van der Waals surface area (Å²) in [6.45, 7) is 7.31. The van der Waals surface area contributed by atoms with Gasteiger partial charge >= 0.3 is 0 Å². The molecule has 0 spiro atoms. The number of rotatable bonds is 8. The van der Waals surface area contributed by atoms with Gasteiger partial charge in [0.25, 0.3) is 5.91 Å². The first-order valence-corrected chi connectivity index (χ1v) is 7.24. The molecule has 0 heterocycles. The maximum atomic E-state index is 12.5. The molecule has 20 heavy (non-hydrogen) atoms. The van der Waals surface area contributed by atoms with Crippen molar-refractivity contribution in [3.8, 4) is 5.75 Å². The molecule has 0 aliphatic rings. The second kappa shape index (κ2) is 8.59. The molecule has 0 saturated heterocycles. The number of aliphatic hydroxyl groups excluding tert-OH is 1. The lowest BCUT2D eigenvalue weighted by atomic mass is 10.1. The van der Waals surface area contributed by atoms with Gasteiger partial charge in [0.15, 0.2) is 0 Å². The van der Waals surface area contributed by atoms with Crippen molar-refractivity contribution in [2.75, 3.05) is 19.8 Å². The summed E-state index contributed by atoms with van der Waals surface area (Å²) in [4.78, 5) is 14.3. The topological polar surface area (TPSA) is 49.8 Å². The summed E-state index contributed by atoms with van der Waals surface area (Å²) in [7, 11) is 0. The molecule has 1 rings (SSSR count). The zero-order valence-electron chi connectivity index (χ0n) is 12.6. The summed E-state index contributed by atoms with van der Waals surface area (Å²) in [6, 6.07) is 7.39. The van der Waals surface area contributed by atoms with Crippen molar-refractivity contribution in [1.29, 1.82) is 0 Å². The molecule has 0 atom stereocenters. The molecular formula is C16H25NO3. The fourth-order valence-corrected chi connectivity index (χ4v) is 1.94. The lowest BCUT2D eigenvalue weighted by molar-refractivity contribution is 0.0692. The molecule has 1 amide bonds. The van der Waals surface area contributed by atoms with Gasteiger partial charge in [-0.1, -0.05) is 13.0 Å². The third kappa shape index (κ3) is 4.85. The van der Waals surface area contributed by atoms with E-state index in [1.165, 1.54) is 0 Å². The van der Waals surface area contributed by atoms with Crippen LogP contribution in [0.4, 0.5) is 0 Å². The van der Waals surface area contributed by atoms with E-state index in [0.717, 1.165) is 12.2 Å². The smallest absolute Gasteiger partial charge is 0.254 e. The molecule has 0 saturated carbocycles. The first-order valence-electron chi connectivity index (χ1n) is 7.24. The Morgan fingerprint density at radius 3 is 2.75 bits per heavy atom. The summed E-state index contributed by atoms with van der Waals surface area (Å²) >= 11 is 0. The largest absolute Gasteiger partial charge is 0.494 e. The first-order chi connectivity index (χ1) is 9.60. The van der Waals surface area contributed by atoms with E-state index in [2.05, 4.69) is 0 Å². The van der Waals surface area contributed by atoms with E-state index in [-0.39, 0.29) is 18.6 Å². The van der Waals surface area contributed by atoms with Crippen molar-refractivity contribution in [2.24, 2.45) is 0 Å². The van der Waals surface area contributed by atoms with Crippen molar-refractivity contribution in [1.82, 2.24) is 4.90 Å². The van der Waals surface area contributed by atoms with E-state index in [4.69, 9.17) is 9.84 Å². The number of hydrogen-bond donors (Lipinski definition) is 1. The molecule has 4 nitrogen and oxygen atoms in total. The van der Waals surface area contributed by atoms with Crippen molar-refractivity contribution < 1.29 is 14.6 Å². The number of aliphatic hydroxyl groups is 1. The predicted octanol–water partition coefficient (Wildman–Crippen LogP) is 2.71. The first kappa shape index (κ1) is 16.5. The van der Waals surface area contributed by atoms with E-state index >= 15 is 0 Å². The van der Waals surface area contributed by atoms with Crippen molar-refractivity contribution in [2.45, 2.75) is 39.7 Å². The van der Waals surface area contributed by atoms with Crippen LogP contribution in [0.2, 0.25) is 0 Å². The highest BCUT2D eigenvalue weighted by Crippen LogP contribution is 2.16. The van der Waals surface area contributed by atoms with Gasteiger partial charge in [-0.15, -0.1) is 0 Å². The molecule has 0 bridgehead atoms. The lowest BCUT2D eigenvalue weighted by Gasteiger charge is -2.26. The van der Waals surface area contributed by atoms with Crippen molar-refractivity contribution in [3.05, 3.63) is 29.8 Å². The highest BCUT2D eigenvalue weighted by molar-refractivity contribution is 5.94. The highest BCUT2D eigenvalue weighted by Gasteiger charge is 2.18. The van der Waals surface area contributed by atoms with Crippen LogP contribution < -0.4 is 4.74 Å². The van der Waals surface area contributed by atoms with Crippen LogP contribution in [-0.2, 0) is 0 Å². The van der Waals surface area contributed by atoms with E-state index < -0.39 is 0 Å². The van der Waals surface area contributed by atoms with Gasteiger partial charge in [0, 0.05) is 24.8 Å². The SMILES string of the molecule is CCCOc1cccc(C(=O)N(CCCO)C(C)C)c1. The Hall–Kier alpha value is -1.55. The van der Waals surface area contributed by atoms with Crippen LogP contribution in [0, 0.1) is 0 Å². The number of amides is 1. The summed E-state index contributed by atoms with van der Waals surface area (Å²) in [5.74, 6) is 0.707. The molecule has 0 radical (unpaired) electrons. The average Bonchev–Trinajstić information content (AvgIpc) is 2.45. The van der Waals surface area contributed by atoms with Gasteiger partial charge in [-0.3, -0.25) is 4.79 Å². The molecule has 0 aromatic heterocycles. The van der Waals surface area contributed by atoms with Gasteiger partial charge in [-0.25, -0.2) is 0 Å². The quantitative estimate of drug-likeness (QED) is 0.796. The molecule has 0 unspecified atom stereocenters. The van der Waals surface area contributed by atoms with Crippen LogP contribution in [0.25, 0.3) is 0 Å². The number of carbonyl (C=O) groups is 1. The molecule has 1 aromatic carbocycles. The number of hydrogen-bond acceptors (Lipinski definition) is 3. The zero-order chi connectivity index (χ0) is 15.0. The Bertz CT molecular complexity index is 418. The second-order valence-electron chi connectivity index (χ2n) is 5.05. The fraction of sp³-hybridized carbons (Fsp3) is 0.562. The fourth-order valence-electron chi connectivity index (χ4n) is 1.94. The Morgan fingerprint density at radius 2 is 2.15 bits per heavy atom. The van der Waals surface area contributed by atoms with Crippen LogP contribution in [0.3, 0.4) is 0 Å². The van der Waals surface area contributed by atoms with Crippen LogP contribution in [0.15, 0.2) is 24.3 Å². The Morgan fingerprint density at radius 1 is 1.40 bits per heavy atom. The van der Waals surface area contributed by atoms with E-state index in [0.29, 0.717) is 25.1 Å². The van der Waals surface area contributed by atoms with Crippen LogP contribution in [0.5, 0.6) is 5.75 Å². The van der Waals surface area contributed by atoms with Gasteiger partial charge < -0.3 is 14.7 Å². The van der Waals surface area contributed by atoms with Crippen molar-refractivity contribution >= 4 is 5.91 Å². The molecule has 0 fully saturated rings. The minimum atomic E-state index is -0.0181. The van der Waals surface area contributed by atoms with E-state index in [1.54, 1.807) is 17.0 Å². The average molecular weight is 279 g/mol. The molecule has 1 aromatic rings. The normalized spacial score (nSPS) is 10.7. The van der Waals surface area contributed by atoms with Crippen molar-refractivity contribution in [3.63, 3.8) is 0 Å². The van der Waals surface area contributed by atoms with Crippen LogP contribution >= 0.6 is 0 Å². The maximum Gasteiger partial charge on any atom is 0.254 e. The number of ether oxygens (including phenoxy) is 1. The van der Waals surface area contributed by atoms with Gasteiger partial charge in [-0.2, -0.15) is 0 Å². The summed E-state index contributed by atoms with van der Waals surface area (Å²) in [5.41, 5.74) is 0.630.